The van der Waals surface area contributed by atoms with Crippen molar-refractivity contribution in [3.63, 3.8) is 0 Å². The molecule has 0 radical (unpaired) electrons. The van der Waals surface area contributed by atoms with Gasteiger partial charge < -0.3 is 10.1 Å². The number of carbonyl (C=O) groups excluding carboxylic acids is 1. The second-order valence-electron chi connectivity index (χ2n) is 4.90. The highest BCUT2D eigenvalue weighted by molar-refractivity contribution is 5.76. The number of carbonyl (C=O) groups is 1. The largest absolute Gasteiger partial charge is 0.496 e. The van der Waals surface area contributed by atoms with E-state index in [-0.39, 0.29) is 11.8 Å². The topological polar surface area (TPSA) is 38.3 Å². The third-order valence-corrected chi connectivity index (χ3v) is 3.14. The third-order valence-electron chi connectivity index (χ3n) is 3.14. The number of nitrogens with one attached hydrogen (secondary N) is 1. The second-order valence-corrected chi connectivity index (χ2v) is 4.90. The average molecular weight is 249 g/mol. The van der Waals surface area contributed by atoms with Crippen LogP contribution in [0.2, 0.25) is 0 Å². The van der Waals surface area contributed by atoms with Crippen molar-refractivity contribution in [2.45, 2.75) is 39.2 Å². The predicted molar refractivity (Wildman–Crippen MR) is 74.2 cm³/mol. The molecule has 100 valence electrons. The molecule has 1 unspecified atom stereocenters. The van der Waals surface area contributed by atoms with Crippen molar-refractivity contribution in [2.75, 3.05) is 14.2 Å². The van der Waals surface area contributed by atoms with Crippen LogP contribution in [-0.2, 0) is 4.79 Å². The summed E-state index contributed by atoms with van der Waals surface area (Å²) in [5.41, 5.74) is 2.29. The van der Waals surface area contributed by atoms with Gasteiger partial charge in [-0.15, -0.1) is 0 Å². The highest BCUT2D eigenvalue weighted by Crippen LogP contribution is 2.30. The molecule has 0 aromatic heterocycles. The standard InChI is InChI=1S/C15H23NO2/c1-10(2)12-6-7-13(15(9-12)18-5)14(16-4)8-11(3)17/h6-7,9-10,14,16H,8H2,1-5H3. The Balaban J connectivity index is 3.10. The van der Waals surface area contributed by atoms with Gasteiger partial charge >= 0.3 is 0 Å². The molecule has 0 bridgehead atoms. The Bertz CT molecular complexity index is 413. The number of rotatable bonds is 6. The van der Waals surface area contributed by atoms with Crippen molar-refractivity contribution in [3.8, 4) is 5.75 Å². The van der Waals surface area contributed by atoms with Crippen LogP contribution in [0.25, 0.3) is 0 Å². The van der Waals surface area contributed by atoms with Gasteiger partial charge in [-0.1, -0.05) is 26.0 Å². The van der Waals surface area contributed by atoms with Crippen molar-refractivity contribution in [1.29, 1.82) is 0 Å². The van der Waals surface area contributed by atoms with Crippen LogP contribution in [0.1, 0.15) is 50.3 Å². The summed E-state index contributed by atoms with van der Waals surface area (Å²) in [7, 11) is 3.53. The lowest BCUT2D eigenvalue weighted by Gasteiger charge is -2.19. The molecule has 3 nitrogen and oxygen atoms in total. The Labute approximate surface area is 110 Å². The van der Waals surface area contributed by atoms with E-state index < -0.39 is 0 Å². The molecule has 18 heavy (non-hydrogen) atoms. The van der Waals surface area contributed by atoms with E-state index in [1.807, 2.05) is 7.05 Å². The van der Waals surface area contributed by atoms with Gasteiger partial charge in [0.2, 0.25) is 0 Å². The number of benzene rings is 1. The highest BCUT2D eigenvalue weighted by atomic mass is 16.5. The van der Waals surface area contributed by atoms with Gasteiger partial charge in [-0.25, -0.2) is 0 Å². The van der Waals surface area contributed by atoms with E-state index in [9.17, 15) is 4.79 Å². The molecule has 1 rings (SSSR count). The van der Waals surface area contributed by atoms with Crippen molar-refractivity contribution >= 4 is 5.78 Å². The van der Waals surface area contributed by atoms with Crippen LogP contribution in [0.4, 0.5) is 0 Å². The summed E-state index contributed by atoms with van der Waals surface area (Å²) in [5, 5.41) is 3.17. The molecule has 0 saturated carbocycles. The first kappa shape index (κ1) is 14.7. The summed E-state index contributed by atoms with van der Waals surface area (Å²) in [6.45, 7) is 5.92. The fraction of sp³-hybridized carbons (Fsp3) is 0.533. The van der Waals surface area contributed by atoms with E-state index in [1.165, 1.54) is 5.56 Å². The molecular weight excluding hydrogens is 226 g/mol. The van der Waals surface area contributed by atoms with Crippen molar-refractivity contribution in [3.05, 3.63) is 29.3 Å². The maximum absolute atomic E-state index is 11.3. The number of hydrogen-bond acceptors (Lipinski definition) is 3. The number of hydrogen-bond donors (Lipinski definition) is 1. The average Bonchev–Trinajstić information content (AvgIpc) is 2.34. The minimum absolute atomic E-state index is 0.0127. The van der Waals surface area contributed by atoms with Gasteiger partial charge in [0.05, 0.1) is 7.11 Å². The van der Waals surface area contributed by atoms with Crippen LogP contribution in [0.3, 0.4) is 0 Å². The van der Waals surface area contributed by atoms with E-state index in [4.69, 9.17) is 4.74 Å². The van der Waals surface area contributed by atoms with Gasteiger partial charge in [0.15, 0.2) is 0 Å². The quantitative estimate of drug-likeness (QED) is 0.842. The van der Waals surface area contributed by atoms with Crippen molar-refractivity contribution in [1.82, 2.24) is 5.32 Å². The zero-order valence-corrected chi connectivity index (χ0v) is 11.9. The third kappa shape index (κ3) is 3.57. The lowest BCUT2D eigenvalue weighted by atomic mass is 9.96. The summed E-state index contributed by atoms with van der Waals surface area (Å²) in [6, 6.07) is 6.23. The summed E-state index contributed by atoms with van der Waals surface area (Å²) in [4.78, 5) is 11.3. The Morgan fingerprint density at radius 3 is 2.50 bits per heavy atom. The molecule has 0 aliphatic rings. The van der Waals surface area contributed by atoms with Crippen molar-refractivity contribution < 1.29 is 9.53 Å². The Kier molecular flexibility index (Phi) is 5.35. The lowest BCUT2D eigenvalue weighted by molar-refractivity contribution is -0.117. The van der Waals surface area contributed by atoms with E-state index in [1.54, 1.807) is 14.0 Å². The summed E-state index contributed by atoms with van der Waals surface area (Å²) < 4.78 is 5.45. The van der Waals surface area contributed by atoms with Crippen molar-refractivity contribution in [2.24, 2.45) is 0 Å². The predicted octanol–water partition coefficient (Wildman–Crippen LogP) is 3.06. The van der Waals surface area contributed by atoms with Crippen LogP contribution >= 0.6 is 0 Å². The monoisotopic (exact) mass is 249 g/mol. The molecule has 1 aromatic rings. The SMILES string of the molecule is CNC(CC(C)=O)c1ccc(C(C)C)cc1OC. The van der Waals surface area contributed by atoms with E-state index in [2.05, 4.69) is 37.4 Å². The van der Waals surface area contributed by atoms with Crippen LogP contribution < -0.4 is 10.1 Å². The molecule has 1 atom stereocenters. The number of ether oxygens (including phenoxy) is 1. The van der Waals surface area contributed by atoms with Gasteiger partial charge in [0.25, 0.3) is 0 Å². The summed E-state index contributed by atoms with van der Waals surface area (Å²) in [6.07, 6.45) is 0.480. The molecule has 0 saturated heterocycles. The highest BCUT2D eigenvalue weighted by Gasteiger charge is 2.17. The van der Waals surface area contributed by atoms with Gasteiger partial charge in [-0.3, -0.25) is 4.79 Å². The fourth-order valence-corrected chi connectivity index (χ4v) is 2.03. The summed E-state index contributed by atoms with van der Waals surface area (Å²) >= 11 is 0. The molecule has 1 aromatic carbocycles. The van der Waals surface area contributed by atoms with E-state index in [0.717, 1.165) is 11.3 Å². The minimum atomic E-state index is 0.0127. The maximum atomic E-state index is 11.3. The van der Waals surface area contributed by atoms with Gasteiger partial charge in [-0.2, -0.15) is 0 Å². The van der Waals surface area contributed by atoms with Gasteiger partial charge in [0.1, 0.15) is 11.5 Å². The first-order valence-electron chi connectivity index (χ1n) is 6.34. The molecular formula is C15H23NO2. The van der Waals surface area contributed by atoms with Crippen LogP contribution in [0, 0.1) is 0 Å². The molecule has 0 spiro atoms. The zero-order valence-electron chi connectivity index (χ0n) is 11.9. The Morgan fingerprint density at radius 2 is 2.06 bits per heavy atom. The van der Waals surface area contributed by atoms with E-state index >= 15 is 0 Å². The molecule has 0 amide bonds. The van der Waals surface area contributed by atoms with Gasteiger partial charge in [-0.05, 0) is 31.5 Å². The molecule has 1 N–H and O–H groups in total. The first-order valence-corrected chi connectivity index (χ1v) is 6.34. The zero-order chi connectivity index (χ0) is 13.7. The molecule has 0 aliphatic heterocycles. The normalized spacial score (nSPS) is 12.6. The molecule has 0 aliphatic carbocycles. The molecule has 3 heteroatoms. The minimum Gasteiger partial charge on any atom is -0.496 e. The second kappa shape index (κ2) is 6.55. The lowest BCUT2D eigenvalue weighted by Crippen LogP contribution is -2.19. The first-order chi connectivity index (χ1) is 8.49. The number of Topliss-reactive ketones (excluding diaryl/α,β-unsaturated/α-hetero) is 1. The maximum Gasteiger partial charge on any atom is 0.131 e. The Hall–Kier alpha value is -1.35. The number of ketones is 1. The molecule has 0 heterocycles. The summed E-state index contributed by atoms with van der Waals surface area (Å²) in [5.74, 6) is 1.49. The smallest absolute Gasteiger partial charge is 0.131 e. The van der Waals surface area contributed by atoms with E-state index in [0.29, 0.717) is 12.3 Å². The number of methoxy groups -OCH3 is 1. The van der Waals surface area contributed by atoms with Crippen LogP contribution in [0.5, 0.6) is 5.75 Å². The Morgan fingerprint density at radius 1 is 1.39 bits per heavy atom. The van der Waals surface area contributed by atoms with Crippen LogP contribution in [-0.4, -0.2) is 19.9 Å². The fourth-order valence-electron chi connectivity index (χ4n) is 2.03. The van der Waals surface area contributed by atoms with Crippen LogP contribution in [0.15, 0.2) is 18.2 Å². The molecule has 0 fully saturated rings. The van der Waals surface area contributed by atoms with Gasteiger partial charge in [0, 0.05) is 18.0 Å².